The van der Waals surface area contributed by atoms with Gasteiger partial charge in [0, 0.05) is 27.6 Å². The van der Waals surface area contributed by atoms with Gasteiger partial charge in [-0.15, -0.1) is 11.3 Å². The van der Waals surface area contributed by atoms with Crippen molar-refractivity contribution in [2.45, 2.75) is 32.3 Å². The van der Waals surface area contributed by atoms with Gasteiger partial charge in [-0.1, -0.05) is 24.6 Å². The van der Waals surface area contributed by atoms with Gasteiger partial charge in [0.25, 0.3) is 0 Å². The second kappa shape index (κ2) is 6.51. The Morgan fingerprint density at radius 2 is 1.95 bits per heavy atom. The van der Waals surface area contributed by atoms with Crippen molar-refractivity contribution in [3.63, 3.8) is 0 Å². The Morgan fingerprint density at radius 3 is 2.58 bits per heavy atom. The zero-order valence-corrected chi connectivity index (χ0v) is 12.3. The number of aliphatic hydroxyl groups is 1. The molecular weight excluding hydrogens is 283 g/mol. The Morgan fingerprint density at radius 1 is 1.21 bits per heavy atom. The summed E-state index contributed by atoms with van der Waals surface area (Å²) in [6, 6.07) is 8.43. The molecule has 0 spiro atoms. The van der Waals surface area contributed by atoms with Gasteiger partial charge >= 0.3 is 0 Å². The lowest BCUT2D eigenvalue weighted by Crippen LogP contribution is -2.13. The molecule has 1 atom stereocenters. The normalized spacial score (nSPS) is 12.6. The molecule has 19 heavy (non-hydrogen) atoms. The lowest BCUT2D eigenvalue weighted by molar-refractivity contribution is 0.176. The van der Waals surface area contributed by atoms with Crippen LogP contribution in [0.3, 0.4) is 0 Å². The SMILES string of the molecule is CCc1ccc(CC(O)Cc2ccc(F)cc2Cl)s1. The molecule has 4 heteroatoms. The first kappa shape index (κ1) is 14.5. The average molecular weight is 299 g/mol. The van der Waals surface area contributed by atoms with Crippen LogP contribution >= 0.6 is 22.9 Å². The second-order valence-electron chi connectivity index (χ2n) is 4.52. The van der Waals surface area contributed by atoms with Crippen LogP contribution in [0.2, 0.25) is 5.02 Å². The number of aliphatic hydroxyl groups excluding tert-OH is 1. The van der Waals surface area contributed by atoms with E-state index >= 15 is 0 Å². The quantitative estimate of drug-likeness (QED) is 0.875. The van der Waals surface area contributed by atoms with Crippen molar-refractivity contribution < 1.29 is 9.50 Å². The molecule has 0 aliphatic rings. The molecule has 1 unspecified atom stereocenters. The summed E-state index contributed by atoms with van der Waals surface area (Å²) in [5.41, 5.74) is 0.780. The number of thiophene rings is 1. The Kier molecular flexibility index (Phi) is 4.97. The predicted molar refractivity (Wildman–Crippen MR) is 78.5 cm³/mol. The molecule has 0 fully saturated rings. The minimum Gasteiger partial charge on any atom is -0.392 e. The summed E-state index contributed by atoms with van der Waals surface area (Å²) in [6.45, 7) is 2.12. The summed E-state index contributed by atoms with van der Waals surface area (Å²) in [4.78, 5) is 2.49. The number of hydrogen-bond acceptors (Lipinski definition) is 2. The Balaban J connectivity index is 1.98. The number of benzene rings is 1. The molecule has 1 aromatic carbocycles. The van der Waals surface area contributed by atoms with Gasteiger partial charge in [0.15, 0.2) is 0 Å². The van der Waals surface area contributed by atoms with Crippen LogP contribution in [-0.4, -0.2) is 11.2 Å². The van der Waals surface area contributed by atoms with Crippen molar-refractivity contribution >= 4 is 22.9 Å². The minimum atomic E-state index is -0.494. The van der Waals surface area contributed by atoms with Crippen LogP contribution in [0.25, 0.3) is 0 Å². The van der Waals surface area contributed by atoms with Crippen LogP contribution < -0.4 is 0 Å². The lowest BCUT2D eigenvalue weighted by atomic mass is 10.0. The van der Waals surface area contributed by atoms with Crippen LogP contribution in [0.4, 0.5) is 4.39 Å². The highest BCUT2D eigenvalue weighted by Crippen LogP contribution is 2.22. The Bertz CT molecular complexity index is 553. The van der Waals surface area contributed by atoms with Gasteiger partial charge < -0.3 is 5.11 Å². The first-order valence-corrected chi connectivity index (χ1v) is 7.47. The summed E-state index contributed by atoms with van der Waals surface area (Å²) in [5, 5.41) is 10.5. The summed E-state index contributed by atoms with van der Waals surface area (Å²) in [7, 11) is 0. The fraction of sp³-hybridized carbons (Fsp3) is 0.333. The van der Waals surface area contributed by atoms with E-state index in [0.29, 0.717) is 17.9 Å². The molecule has 102 valence electrons. The van der Waals surface area contributed by atoms with Crippen LogP contribution in [0.1, 0.15) is 22.2 Å². The zero-order chi connectivity index (χ0) is 13.8. The van der Waals surface area contributed by atoms with Gasteiger partial charge in [0.1, 0.15) is 5.82 Å². The van der Waals surface area contributed by atoms with Gasteiger partial charge in [-0.25, -0.2) is 4.39 Å². The van der Waals surface area contributed by atoms with E-state index in [1.165, 1.54) is 21.9 Å². The third-order valence-corrected chi connectivity index (χ3v) is 4.58. The van der Waals surface area contributed by atoms with Gasteiger partial charge in [-0.05, 0) is 36.2 Å². The first-order chi connectivity index (χ1) is 9.08. The molecule has 1 N–H and O–H groups in total. The predicted octanol–water partition coefficient (Wildman–Crippen LogP) is 4.25. The Hall–Kier alpha value is -0.900. The van der Waals surface area contributed by atoms with Crippen molar-refractivity contribution in [2.75, 3.05) is 0 Å². The lowest BCUT2D eigenvalue weighted by Gasteiger charge is -2.10. The summed E-state index contributed by atoms with van der Waals surface area (Å²) in [6.07, 6.45) is 1.58. The maximum Gasteiger partial charge on any atom is 0.124 e. The van der Waals surface area contributed by atoms with Gasteiger partial charge in [0.2, 0.25) is 0 Å². The van der Waals surface area contributed by atoms with E-state index in [1.807, 2.05) is 0 Å². The van der Waals surface area contributed by atoms with E-state index in [1.54, 1.807) is 17.4 Å². The highest BCUT2D eigenvalue weighted by Gasteiger charge is 2.11. The van der Waals surface area contributed by atoms with Crippen LogP contribution in [0.15, 0.2) is 30.3 Å². The largest absolute Gasteiger partial charge is 0.392 e. The number of hydrogen-bond donors (Lipinski definition) is 1. The van der Waals surface area contributed by atoms with Crippen molar-refractivity contribution in [1.82, 2.24) is 0 Å². The fourth-order valence-corrected chi connectivity index (χ4v) is 3.24. The van der Waals surface area contributed by atoms with E-state index in [2.05, 4.69) is 19.1 Å². The Labute approximate surface area is 121 Å². The molecule has 0 saturated heterocycles. The molecule has 1 heterocycles. The van der Waals surface area contributed by atoms with E-state index in [0.717, 1.165) is 12.0 Å². The van der Waals surface area contributed by atoms with E-state index < -0.39 is 6.10 Å². The summed E-state index contributed by atoms with van der Waals surface area (Å²) >= 11 is 7.68. The number of halogens is 2. The van der Waals surface area contributed by atoms with E-state index in [9.17, 15) is 9.50 Å². The van der Waals surface area contributed by atoms with E-state index in [-0.39, 0.29) is 5.82 Å². The smallest absolute Gasteiger partial charge is 0.124 e. The molecule has 0 aliphatic carbocycles. The van der Waals surface area contributed by atoms with Crippen molar-refractivity contribution in [3.8, 4) is 0 Å². The van der Waals surface area contributed by atoms with Gasteiger partial charge in [0.05, 0.1) is 6.10 Å². The molecule has 0 bridgehead atoms. The molecule has 0 radical (unpaired) electrons. The number of rotatable bonds is 5. The standard InChI is InChI=1S/C15H16ClFOS/c1-2-13-5-6-14(19-13)9-12(18)7-10-3-4-11(17)8-15(10)16/h3-6,8,12,18H,2,7,9H2,1H3. The summed E-state index contributed by atoms with van der Waals surface area (Å²) in [5.74, 6) is -0.353. The van der Waals surface area contributed by atoms with Crippen molar-refractivity contribution in [1.29, 1.82) is 0 Å². The minimum absolute atomic E-state index is 0.353. The molecule has 0 amide bonds. The maximum atomic E-state index is 12.9. The van der Waals surface area contributed by atoms with Crippen LogP contribution in [0, 0.1) is 5.82 Å². The molecule has 1 aromatic heterocycles. The first-order valence-electron chi connectivity index (χ1n) is 6.28. The zero-order valence-electron chi connectivity index (χ0n) is 10.7. The monoisotopic (exact) mass is 298 g/mol. The van der Waals surface area contributed by atoms with Crippen molar-refractivity contribution in [3.05, 3.63) is 56.5 Å². The highest BCUT2D eigenvalue weighted by molar-refractivity contribution is 7.11. The molecule has 0 saturated carbocycles. The van der Waals surface area contributed by atoms with Crippen LogP contribution in [-0.2, 0) is 19.3 Å². The van der Waals surface area contributed by atoms with Gasteiger partial charge in [-0.3, -0.25) is 0 Å². The third-order valence-electron chi connectivity index (χ3n) is 2.97. The van der Waals surface area contributed by atoms with Crippen molar-refractivity contribution in [2.24, 2.45) is 0 Å². The highest BCUT2D eigenvalue weighted by atomic mass is 35.5. The fourth-order valence-electron chi connectivity index (χ4n) is 1.97. The molecular formula is C15H16ClFOS. The second-order valence-corrected chi connectivity index (χ2v) is 6.18. The third kappa shape index (κ3) is 4.03. The van der Waals surface area contributed by atoms with Crippen LogP contribution in [0.5, 0.6) is 0 Å². The summed E-state index contributed by atoms with van der Waals surface area (Å²) < 4.78 is 12.9. The molecule has 2 aromatic rings. The number of aryl methyl sites for hydroxylation is 1. The van der Waals surface area contributed by atoms with E-state index in [4.69, 9.17) is 11.6 Å². The maximum absolute atomic E-state index is 12.9. The molecule has 1 nitrogen and oxygen atoms in total. The molecule has 2 rings (SSSR count). The topological polar surface area (TPSA) is 20.2 Å². The van der Waals surface area contributed by atoms with Gasteiger partial charge in [-0.2, -0.15) is 0 Å². The average Bonchev–Trinajstić information content (AvgIpc) is 2.80. The molecule has 0 aliphatic heterocycles.